The van der Waals surface area contributed by atoms with Crippen molar-refractivity contribution >= 4 is 21.9 Å². The fourth-order valence-electron chi connectivity index (χ4n) is 0.447. The first-order valence-corrected chi connectivity index (χ1v) is 6.45. The number of rotatable bonds is 4. The van der Waals surface area contributed by atoms with Crippen LogP contribution in [-0.2, 0) is 0 Å². The standard InChI is InChI=1S/C5H11PSe/c1-2-3-4-5-6-7/h2-5H2,1H3/p+1. The second kappa shape index (κ2) is 6.82. The van der Waals surface area contributed by atoms with E-state index < -0.39 is 0 Å². The van der Waals surface area contributed by atoms with E-state index in [0.29, 0.717) is 0 Å². The van der Waals surface area contributed by atoms with E-state index >= 15 is 0 Å². The molecule has 7 heavy (non-hydrogen) atoms. The van der Waals surface area contributed by atoms with Gasteiger partial charge in [-0.1, -0.05) is 0 Å². The van der Waals surface area contributed by atoms with Gasteiger partial charge in [-0.2, -0.15) is 0 Å². The van der Waals surface area contributed by atoms with Gasteiger partial charge >= 0.3 is 54.3 Å². The Balaban J connectivity index is 2.56. The number of hydrogen-bond donors (Lipinski definition) is 0. The van der Waals surface area contributed by atoms with Crippen LogP contribution in [0.1, 0.15) is 26.2 Å². The minimum atomic E-state index is 1.04. The normalized spacial score (nSPS) is 9.86. The summed E-state index contributed by atoms with van der Waals surface area (Å²) in [5.74, 6) is 0. The molecule has 0 bridgehead atoms. The fraction of sp³-hybridized carbons (Fsp3) is 1.00. The molecule has 0 saturated heterocycles. The summed E-state index contributed by atoms with van der Waals surface area (Å²) >= 11 is 3.03. The molecule has 0 spiro atoms. The maximum atomic E-state index is 3.03. The van der Waals surface area contributed by atoms with Gasteiger partial charge in [-0.25, -0.2) is 0 Å². The molecule has 0 aromatic carbocycles. The molecule has 0 aromatic rings. The average Bonchev–Trinajstić information content (AvgIpc) is 1.69. The van der Waals surface area contributed by atoms with E-state index in [1.54, 1.807) is 0 Å². The van der Waals surface area contributed by atoms with Gasteiger partial charge in [0.2, 0.25) is 0 Å². The molecule has 0 radical (unpaired) electrons. The van der Waals surface area contributed by atoms with Crippen molar-refractivity contribution in [2.45, 2.75) is 26.2 Å². The number of unbranched alkanes of at least 4 members (excludes halogenated alkanes) is 2. The van der Waals surface area contributed by atoms with E-state index in [-0.39, 0.29) is 0 Å². The first-order valence-electron chi connectivity index (χ1n) is 2.76. The Labute approximate surface area is 54.7 Å². The molecule has 0 fully saturated rings. The summed E-state index contributed by atoms with van der Waals surface area (Å²) in [6.07, 6.45) is 5.58. The van der Waals surface area contributed by atoms with Crippen LogP contribution in [0.2, 0.25) is 0 Å². The SMILES string of the molecule is CCCCC[PH+]=[Se]. The molecule has 0 amide bonds. The van der Waals surface area contributed by atoms with Gasteiger partial charge in [-0.05, 0) is 0 Å². The zero-order chi connectivity index (χ0) is 5.54. The van der Waals surface area contributed by atoms with Gasteiger partial charge in [0.25, 0.3) is 0 Å². The zero-order valence-electron chi connectivity index (χ0n) is 4.74. The number of hydrogen-bond acceptors (Lipinski definition) is 0. The van der Waals surface area contributed by atoms with Crippen molar-refractivity contribution in [2.75, 3.05) is 6.16 Å². The first kappa shape index (κ1) is 7.82. The molecule has 0 nitrogen and oxygen atoms in total. The molecule has 0 aromatic heterocycles. The molecule has 0 rings (SSSR count). The van der Waals surface area contributed by atoms with Gasteiger partial charge in [-0.3, -0.25) is 0 Å². The van der Waals surface area contributed by atoms with Crippen LogP contribution in [0.3, 0.4) is 0 Å². The van der Waals surface area contributed by atoms with Crippen molar-refractivity contribution < 1.29 is 0 Å². The van der Waals surface area contributed by atoms with Crippen LogP contribution in [0.4, 0.5) is 0 Å². The first-order chi connectivity index (χ1) is 3.41. The van der Waals surface area contributed by atoms with Crippen molar-refractivity contribution in [3.05, 3.63) is 0 Å². The van der Waals surface area contributed by atoms with Crippen molar-refractivity contribution in [2.24, 2.45) is 0 Å². The van der Waals surface area contributed by atoms with Gasteiger partial charge in [0, 0.05) is 0 Å². The van der Waals surface area contributed by atoms with Gasteiger partial charge in [-0.15, -0.1) is 0 Å². The molecule has 1 atom stereocenters. The molecule has 1 unspecified atom stereocenters. The molecule has 0 N–H and O–H groups in total. The Hall–Kier alpha value is 0.819. The molecule has 0 aliphatic rings. The Morgan fingerprint density at radius 1 is 1.43 bits per heavy atom. The third kappa shape index (κ3) is 6.82. The van der Waals surface area contributed by atoms with Crippen molar-refractivity contribution in [3.63, 3.8) is 0 Å². The van der Waals surface area contributed by atoms with Crippen LogP contribution in [0, 0.1) is 0 Å². The Kier molecular flexibility index (Phi) is 7.62. The monoisotopic (exact) mass is 183 g/mol. The molecular weight excluding hydrogens is 170 g/mol. The predicted octanol–water partition coefficient (Wildman–Crippen LogP) is 1.94. The van der Waals surface area contributed by atoms with Crippen LogP contribution in [0.25, 0.3) is 0 Å². The van der Waals surface area contributed by atoms with Crippen LogP contribution in [-0.4, -0.2) is 21.3 Å². The van der Waals surface area contributed by atoms with E-state index in [2.05, 4.69) is 22.0 Å². The fourth-order valence-corrected chi connectivity index (χ4v) is 1.75. The summed E-state index contributed by atoms with van der Waals surface area (Å²) in [7, 11) is 0. The van der Waals surface area contributed by atoms with E-state index in [1.807, 2.05) is 0 Å². The molecule has 0 aliphatic carbocycles. The Morgan fingerprint density at radius 3 is 2.57 bits per heavy atom. The van der Waals surface area contributed by atoms with Gasteiger partial charge < -0.3 is 0 Å². The van der Waals surface area contributed by atoms with Crippen LogP contribution >= 0.6 is 6.83 Å². The van der Waals surface area contributed by atoms with E-state index in [4.69, 9.17) is 0 Å². The van der Waals surface area contributed by atoms with Crippen molar-refractivity contribution in [3.8, 4) is 0 Å². The van der Waals surface area contributed by atoms with E-state index in [1.165, 1.54) is 25.4 Å². The molecule has 0 saturated carbocycles. The Morgan fingerprint density at radius 2 is 2.14 bits per heavy atom. The van der Waals surface area contributed by atoms with Crippen molar-refractivity contribution in [1.29, 1.82) is 0 Å². The van der Waals surface area contributed by atoms with E-state index in [0.717, 1.165) is 6.83 Å². The predicted molar refractivity (Wildman–Crippen MR) is 38.5 cm³/mol. The minimum absolute atomic E-state index is 1.04. The van der Waals surface area contributed by atoms with Crippen LogP contribution in [0.5, 0.6) is 0 Å². The quantitative estimate of drug-likeness (QED) is 0.354. The summed E-state index contributed by atoms with van der Waals surface area (Å²) in [4.78, 5) is 0. The molecule has 0 aliphatic heterocycles. The molecule has 42 valence electrons. The summed E-state index contributed by atoms with van der Waals surface area (Å²) in [6.45, 7) is 3.28. The van der Waals surface area contributed by atoms with Gasteiger partial charge in [0.1, 0.15) is 0 Å². The van der Waals surface area contributed by atoms with Gasteiger partial charge in [0.05, 0.1) is 0 Å². The van der Waals surface area contributed by atoms with Crippen LogP contribution in [0.15, 0.2) is 0 Å². The second-order valence-electron chi connectivity index (χ2n) is 1.60. The second-order valence-corrected chi connectivity index (χ2v) is 4.21. The molecular formula is C5H12PSe+. The third-order valence-corrected chi connectivity index (χ3v) is 2.72. The summed E-state index contributed by atoms with van der Waals surface area (Å²) < 4.78 is 0. The van der Waals surface area contributed by atoms with Crippen LogP contribution < -0.4 is 0 Å². The summed E-state index contributed by atoms with van der Waals surface area (Å²) in [5, 5.41) is 0. The Bertz CT molecular complexity index is 45.3. The zero-order valence-corrected chi connectivity index (χ0v) is 7.45. The average molecular weight is 182 g/mol. The summed E-state index contributed by atoms with van der Waals surface area (Å²) in [6, 6.07) is 0. The topological polar surface area (TPSA) is 0 Å². The van der Waals surface area contributed by atoms with Gasteiger partial charge in [0.15, 0.2) is 0 Å². The third-order valence-electron chi connectivity index (χ3n) is 0.882. The molecule has 2 heteroatoms. The maximum absolute atomic E-state index is 3.03. The van der Waals surface area contributed by atoms with E-state index in [9.17, 15) is 0 Å². The molecule has 0 heterocycles. The van der Waals surface area contributed by atoms with Crippen molar-refractivity contribution in [1.82, 2.24) is 0 Å². The summed E-state index contributed by atoms with van der Waals surface area (Å²) in [5.41, 5.74) is 0.